The van der Waals surface area contributed by atoms with Crippen LogP contribution >= 0.6 is 15.9 Å². The van der Waals surface area contributed by atoms with Crippen molar-refractivity contribution in [2.24, 2.45) is 11.8 Å². The van der Waals surface area contributed by atoms with Crippen LogP contribution in [0.25, 0.3) is 0 Å². The van der Waals surface area contributed by atoms with Crippen molar-refractivity contribution in [2.75, 3.05) is 0 Å². The Morgan fingerprint density at radius 3 is 2.94 bits per heavy atom. The van der Waals surface area contributed by atoms with Crippen LogP contribution in [-0.2, 0) is 13.0 Å². The Hall–Kier alpha value is -0.310. The molecule has 2 nitrogen and oxygen atoms in total. The van der Waals surface area contributed by atoms with Crippen molar-refractivity contribution in [3.05, 3.63) is 18.2 Å². The molecule has 1 heterocycles. The molecule has 16 heavy (non-hydrogen) atoms. The van der Waals surface area contributed by atoms with Gasteiger partial charge in [-0.3, -0.25) is 0 Å². The maximum absolute atomic E-state index is 4.51. The highest BCUT2D eigenvalue weighted by Crippen LogP contribution is 2.38. The number of nitrogens with zero attached hydrogens (tertiary/aromatic N) is 2. The highest BCUT2D eigenvalue weighted by atomic mass is 79.9. The Kier molecular flexibility index (Phi) is 4.06. The van der Waals surface area contributed by atoms with Gasteiger partial charge in [0.25, 0.3) is 0 Å². The standard InChI is InChI=1S/C13H21BrN2/c1-3-7-16-8-6-15-13(16)9-11-4-5-12(14)10(11)2/h6,8,10-12H,3-5,7,9H2,1-2H3. The van der Waals surface area contributed by atoms with Gasteiger partial charge in [-0.15, -0.1) is 0 Å². The molecule has 0 N–H and O–H groups in total. The van der Waals surface area contributed by atoms with Gasteiger partial charge in [-0.1, -0.05) is 29.8 Å². The SMILES string of the molecule is CCCn1ccnc1CC1CCC(Br)C1C. The lowest BCUT2D eigenvalue weighted by Crippen LogP contribution is -2.15. The summed E-state index contributed by atoms with van der Waals surface area (Å²) >= 11 is 3.77. The van der Waals surface area contributed by atoms with E-state index in [9.17, 15) is 0 Å². The second kappa shape index (κ2) is 5.35. The van der Waals surface area contributed by atoms with Gasteiger partial charge in [-0.25, -0.2) is 4.98 Å². The summed E-state index contributed by atoms with van der Waals surface area (Å²) in [6.45, 7) is 5.69. The predicted molar refractivity (Wildman–Crippen MR) is 70.8 cm³/mol. The fourth-order valence-corrected chi connectivity index (χ4v) is 3.39. The minimum Gasteiger partial charge on any atom is -0.335 e. The summed E-state index contributed by atoms with van der Waals surface area (Å²) in [7, 11) is 0. The monoisotopic (exact) mass is 284 g/mol. The smallest absolute Gasteiger partial charge is 0.108 e. The molecule has 1 aromatic heterocycles. The molecular weight excluding hydrogens is 264 g/mol. The molecule has 3 atom stereocenters. The van der Waals surface area contributed by atoms with Gasteiger partial charge >= 0.3 is 0 Å². The average molecular weight is 285 g/mol. The van der Waals surface area contributed by atoms with E-state index >= 15 is 0 Å². The van der Waals surface area contributed by atoms with Crippen LogP contribution in [0.4, 0.5) is 0 Å². The highest BCUT2D eigenvalue weighted by Gasteiger charge is 2.31. The molecule has 0 radical (unpaired) electrons. The zero-order valence-corrected chi connectivity index (χ0v) is 11.8. The molecule has 0 saturated heterocycles. The highest BCUT2D eigenvalue weighted by molar-refractivity contribution is 9.09. The van der Waals surface area contributed by atoms with E-state index in [0.717, 1.165) is 24.8 Å². The lowest BCUT2D eigenvalue weighted by molar-refractivity contribution is 0.407. The van der Waals surface area contributed by atoms with Gasteiger partial charge in [0.15, 0.2) is 0 Å². The van der Waals surface area contributed by atoms with Gasteiger partial charge in [-0.05, 0) is 31.1 Å². The Balaban J connectivity index is 2.00. The first-order valence-electron chi connectivity index (χ1n) is 6.36. The number of alkyl halides is 1. The summed E-state index contributed by atoms with van der Waals surface area (Å²) < 4.78 is 2.31. The molecule has 1 saturated carbocycles. The number of aryl methyl sites for hydroxylation is 1. The van der Waals surface area contributed by atoms with Crippen LogP contribution in [0.3, 0.4) is 0 Å². The van der Waals surface area contributed by atoms with Gasteiger partial charge in [-0.2, -0.15) is 0 Å². The molecule has 0 bridgehead atoms. The van der Waals surface area contributed by atoms with Crippen molar-refractivity contribution in [3.63, 3.8) is 0 Å². The van der Waals surface area contributed by atoms with Crippen LogP contribution in [0.2, 0.25) is 0 Å². The summed E-state index contributed by atoms with van der Waals surface area (Å²) in [5.41, 5.74) is 0. The number of rotatable bonds is 4. The third-order valence-electron chi connectivity index (χ3n) is 3.84. The third-order valence-corrected chi connectivity index (χ3v) is 5.13. The van der Waals surface area contributed by atoms with E-state index in [1.807, 2.05) is 6.20 Å². The molecular formula is C13H21BrN2. The summed E-state index contributed by atoms with van der Waals surface area (Å²) in [4.78, 5) is 5.22. The molecule has 0 aliphatic heterocycles. The van der Waals surface area contributed by atoms with Crippen molar-refractivity contribution < 1.29 is 0 Å². The minimum absolute atomic E-state index is 0.715. The van der Waals surface area contributed by atoms with Crippen LogP contribution in [0.15, 0.2) is 12.4 Å². The molecule has 1 aromatic rings. The number of hydrogen-bond donors (Lipinski definition) is 0. The van der Waals surface area contributed by atoms with Crippen molar-refractivity contribution in [2.45, 2.75) is 50.9 Å². The topological polar surface area (TPSA) is 17.8 Å². The normalized spacial score (nSPS) is 29.8. The second-order valence-electron chi connectivity index (χ2n) is 4.95. The lowest BCUT2D eigenvalue weighted by Gasteiger charge is -2.17. The van der Waals surface area contributed by atoms with E-state index in [1.165, 1.54) is 25.1 Å². The summed E-state index contributed by atoms with van der Waals surface area (Å²) in [6, 6.07) is 0. The minimum atomic E-state index is 0.715. The molecule has 1 aliphatic carbocycles. The number of halogens is 1. The molecule has 2 rings (SSSR count). The van der Waals surface area contributed by atoms with Crippen LogP contribution in [0.5, 0.6) is 0 Å². The zero-order chi connectivity index (χ0) is 11.5. The Bertz CT molecular complexity index is 334. The molecule has 3 unspecified atom stereocenters. The Morgan fingerprint density at radius 1 is 1.50 bits per heavy atom. The first-order chi connectivity index (χ1) is 7.72. The molecule has 1 fully saturated rings. The number of hydrogen-bond acceptors (Lipinski definition) is 1. The van der Waals surface area contributed by atoms with Crippen molar-refractivity contribution in [1.82, 2.24) is 9.55 Å². The fourth-order valence-electron chi connectivity index (χ4n) is 2.69. The van der Waals surface area contributed by atoms with Crippen molar-refractivity contribution in [3.8, 4) is 0 Å². The van der Waals surface area contributed by atoms with Crippen molar-refractivity contribution >= 4 is 15.9 Å². The second-order valence-corrected chi connectivity index (χ2v) is 6.13. The Morgan fingerprint density at radius 2 is 2.31 bits per heavy atom. The molecule has 0 amide bonds. The first-order valence-corrected chi connectivity index (χ1v) is 7.28. The first kappa shape index (κ1) is 12.2. The van der Waals surface area contributed by atoms with E-state index < -0.39 is 0 Å². The zero-order valence-electron chi connectivity index (χ0n) is 10.2. The van der Waals surface area contributed by atoms with E-state index in [-0.39, 0.29) is 0 Å². The van der Waals surface area contributed by atoms with E-state index in [1.54, 1.807) is 0 Å². The van der Waals surface area contributed by atoms with Crippen LogP contribution in [-0.4, -0.2) is 14.4 Å². The number of aromatic nitrogens is 2. The molecule has 0 aromatic carbocycles. The fraction of sp³-hybridized carbons (Fsp3) is 0.769. The lowest BCUT2D eigenvalue weighted by atomic mass is 9.94. The van der Waals surface area contributed by atoms with Crippen LogP contribution in [0.1, 0.15) is 38.9 Å². The summed E-state index contributed by atoms with van der Waals surface area (Å²) in [6.07, 6.45) is 9.05. The summed E-state index contributed by atoms with van der Waals surface area (Å²) in [5, 5.41) is 0. The van der Waals surface area contributed by atoms with Gasteiger partial charge < -0.3 is 4.57 Å². The molecule has 3 heteroatoms. The number of imidazole rings is 1. The van der Waals surface area contributed by atoms with Gasteiger partial charge in [0, 0.05) is 30.2 Å². The molecule has 1 aliphatic rings. The predicted octanol–water partition coefficient (Wildman–Crippen LogP) is 3.65. The van der Waals surface area contributed by atoms with E-state index in [2.05, 4.69) is 45.5 Å². The average Bonchev–Trinajstić information content (AvgIpc) is 2.82. The third kappa shape index (κ3) is 2.50. The van der Waals surface area contributed by atoms with E-state index in [0.29, 0.717) is 4.83 Å². The van der Waals surface area contributed by atoms with Gasteiger partial charge in [0.1, 0.15) is 5.82 Å². The maximum Gasteiger partial charge on any atom is 0.108 e. The molecule has 0 spiro atoms. The quantitative estimate of drug-likeness (QED) is 0.772. The van der Waals surface area contributed by atoms with Gasteiger partial charge in [0.05, 0.1) is 0 Å². The van der Waals surface area contributed by atoms with Gasteiger partial charge in [0.2, 0.25) is 0 Å². The van der Waals surface area contributed by atoms with Crippen molar-refractivity contribution in [1.29, 1.82) is 0 Å². The van der Waals surface area contributed by atoms with Crippen LogP contribution in [0, 0.1) is 11.8 Å². The Labute approximate surface area is 107 Å². The van der Waals surface area contributed by atoms with E-state index in [4.69, 9.17) is 0 Å². The largest absolute Gasteiger partial charge is 0.335 e. The summed E-state index contributed by atoms with van der Waals surface area (Å²) in [5.74, 6) is 2.87. The molecule has 90 valence electrons. The van der Waals surface area contributed by atoms with Crippen LogP contribution < -0.4 is 0 Å². The maximum atomic E-state index is 4.51.